The quantitative estimate of drug-likeness (QED) is 0.473. The van der Waals surface area contributed by atoms with Gasteiger partial charge in [-0.15, -0.1) is 18.3 Å². The Morgan fingerprint density at radius 1 is 1.47 bits per heavy atom. The zero-order valence-electron chi connectivity index (χ0n) is 11.7. The fourth-order valence-corrected chi connectivity index (χ4v) is 2.18. The van der Waals surface area contributed by atoms with Gasteiger partial charge in [-0.1, -0.05) is 18.2 Å². The van der Waals surface area contributed by atoms with Gasteiger partial charge >= 0.3 is 5.97 Å². The molecule has 0 aromatic heterocycles. The molecule has 4 heteroatoms. The van der Waals surface area contributed by atoms with Crippen LogP contribution in [0.15, 0.2) is 41.8 Å². The van der Waals surface area contributed by atoms with Gasteiger partial charge in [0.1, 0.15) is 5.54 Å². The van der Waals surface area contributed by atoms with Gasteiger partial charge in [-0.3, -0.25) is 5.32 Å². The molecule has 0 aliphatic rings. The molecule has 0 saturated heterocycles. The summed E-state index contributed by atoms with van der Waals surface area (Å²) >= 11 is 1.67. The van der Waals surface area contributed by atoms with Crippen LogP contribution in [0.3, 0.4) is 0 Å². The third-order valence-corrected chi connectivity index (χ3v) is 3.69. The van der Waals surface area contributed by atoms with Crippen LogP contribution in [0, 0.1) is 0 Å². The smallest absolute Gasteiger partial charge is 0.330 e. The van der Waals surface area contributed by atoms with Crippen LogP contribution in [0.5, 0.6) is 0 Å². The lowest BCUT2D eigenvalue weighted by Gasteiger charge is -2.28. The molecule has 0 amide bonds. The number of ether oxygens (including phenoxy) is 1. The van der Waals surface area contributed by atoms with Crippen LogP contribution in [-0.2, 0) is 15.1 Å². The first-order chi connectivity index (χ1) is 9.08. The summed E-state index contributed by atoms with van der Waals surface area (Å²) in [5.74, 6) is -0.270. The van der Waals surface area contributed by atoms with E-state index in [2.05, 4.69) is 11.9 Å². The lowest BCUT2D eigenvalue weighted by molar-refractivity contribution is -0.150. The molecule has 1 aromatic rings. The maximum atomic E-state index is 12.2. The largest absolute Gasteiger partial charge is 0.464 e. The van der Waals surface area contributed by atoms with Crippen molar-refractivity contribution in [3.05, 3.63) is 42.5 Å². The summed E-state index contributed by atoms with van der Waals surface area (Å²) in [5, 5.41) is 3.18. The van der Waals surface area contributed by atoms with Crippen molar-refractivity contribution in [1.29, 1.82) is 0 Å². The number of thioether (sulfide) groups is 1. The van der Waals surface area contributed by atoms with E-state index in [1.807, 2.05) is 44.4 Å². The molecule has 0 fully saturated rings. The van der Waals surface area contributed by atoms with Gasteiger partial charge in [-0.25, -0.2) is 4.79 Å². The Balaban J connectivity index is 3.06. The average molecular weight is 279 g/mol. The fourth-order valence-electron chi connectivity index (χ4n) is 1.77. The minimum absolute atomic E-state index is 0.270. The second-order valence-corrected chi connectivity index (χ2v) is 5.12. The number of benzene rings is 1. The summed E-state index contributed by atoms with van der Waals surface area (Å²) in [7, 11) is 0. The van der Waals surface area contributed by atoms with Crippen LogP contribution in [0.2, 0.25) is 0 Å². The molecule has 104 valence electrons. The summed E-state index contributed by atoms with van der Waals surface area (Å²) in [6, 6.07) is 7.93. The molecule has 1 unspecified atom stereocenters. The third-order valence-electron chi connectivity index (χ3n) is 2.95. The molecular weight excluding hydrogens is 258 g/mol. The Morgan fingerprint density at radius 3 is 2.58 bits per heavy atom. The van der Waals surface area contributed by atoms with Crippen molar-refractivity contribution in [2.24, 2.45) is 0 Å². The zero-order valence-corrected chi connectivity index (χ0v) is 12.5. The van der Waals surface area contributed by atoms with Crippen LogP contribution in [-0.4, -0.2) is 25.4 Å². The van der Waals surface area contributed by atoms with E-state index in [9.17, 15) is 4.79 Å². The van der Waals surface area contributed by atoms with E-state index < -0.39 is 5.54 Å². The van der Waals surface area contributed by atoms with Gasteiger partial charge < -0.3 is 4.74 Å². The van der Waals surface area contributed by atoms with Crippen molar-refractivity contribution in [3.8, 4) is 0 Å². The number of hydrogen-bond donors (Lipinski definition) is 1. The molecule has 0 radical (unpaired) electrons. The fraction of sp³-hybridized carbons (Fsp3) is 0.400. The second kappa shape index (κ2) is 7.36. The second-order valence-electron chi connectivity index (χ2n) is 4.24. The Kier molecular flexibility index (Phi) is 6.12. The molecule has 1 aromatic carbocycles. The molecule has 1 rings (SSSR count). The Hall–Kier alpha value is -1.26. The lowest BCUT2D eigenvalue weighted by atomic mass is 9.92. The maximum Gasteiger partial charge on any atom is 0.330 e. The monoisotopic (exact) mass is 279 g/mol. The van der Waals surface area contributed by atoms with Crippen molar-refractivity contribution in [2.75, 3.05) is 19.4 Å². The molecule has 0 spiro atoms. The van der Waals surface area contributed by atoms with E-state index in [0.717, 1.165) is 5.56 Å². The van der Waals surface area contributed by atoms with Gasteiger partial charge in [-0.05, 0) is 37.8 Å². The summed E-state index contributed by atoms with van der Waals surface area (Å²) in [6.07, 6.45) is 3.75. The summed E-state index contributed by atoms with van der Waals surface area (Å²) in [6.45, 7) is 8.23. The first-order valence-corrected chi connectivity index (χ1v) is 7.48. The molecule has 0 saturated carbocycles. The lowest BCUT2D eigenvalue weighted by Crippen LogP contribution is -2.47. The Labute approximate surface area is 119 Å². The number of carbonyl (C=O) groups is 1. The van der Waals surface area contributed by atoms with Crippen LogP contribution in [0.4, 0.5) is 0 Å². The van der Waals surface area contributed by atoms with E-state index in [0.29, 0.717) is 13.2 Å². The average Bonchev–Trinajstić information content (AvgIpc) is 2.45. The van der Waals surface area contributed by atoms with E-state index in [1.54, 1.807) is 17.8 Å². The number of hydrogen-bond acceptors (Lipinski definition) is 4. The van der Waals surface area contributed by atoms with Crippen molar-refractivity contribution in [1.82, 2.24) is 5.32 Å². The Morgan fingerprint density at radius 2 is 2.11 bits per heavy atom. The normalized spacial score (nSPS) is 13.6. The maximum absolute atomic E-state index is 12.2. The van der Waals surface area contributed by atoms with Gasteiger partial charge in [0, 0.05) is 11.4 Å². The molecular formula is C15H21NO2S. The molecule has 0 bridgehead atoms. The minimum Gasteiger partial charge on any atom is -0.464 e. The third kappa shape index (κ3) is 3.85. The number of carbonyl (C=O) groups excluding carboxylic acids is 1. The highest BCUT2D eigenvalue weighted by molar-refractivity contribution is 7.98. The predicted molar refractivity (Wildman–Crippen MR) is 80.4 cm³/mol. The van der Waals surface area contributed by atoms with Crippen molar-refractivity contribution in [3.63, 3.8) is 0 Å². The summed E-state index contributed by atoms with van der Waals surface area (Å²) in [5.41, 5.74) is 0.0480. The van der Waals surface area contributed by atoms with Crippen molar-refractivity contribution in [2.45, 2.75) is 24.3 Å². The highest BCUT2D eigenvalue weighted by Gasteiger charge is 2.35. The van der Waals surface area contributed by atoms with Crippen LogP contribution < -0.4 is 5.32 Å². The van der Waals surface area contributed by atoms with E-state index >= 15 is 0 Å². The molecule has 0 aliphatic heterocycles. The predicted octanol–water partition coefficient (Wildman–Crippen LogP) is 2.96. The van der Waals surface area contributed by atoms with Gasteiger partial charge in [-0.2, -0.15) is 0 Å². The number of esters is 1. The van der Waals surface area contributed by atoms with Crippen LogP contribution in [0.25, 0.3) is 0 Å². The first-order valence-electron chi connectivity index (χ1n) is 6.26. The van der Waals surface area contributed by atoms with Crippen LogP contribution in [0.1, 0.15) is 19.4 Å². The van der Waals surface area contributed by atoms with Gasteiger partial charge in [0.15, 0.2) is 0 Å². The van der Waals surface area contributed by atoms with Crippen molar-refractivity contribution >= 4 is 17.7 Å². The van der Waals surface area contributed by atoms with Gasteiger partial charge in [0.2, 0.25) is 0 Å². The summed E-state index contributed by atoms with van der Waals surface area (Å²) < 4.78 is 5.17. The standard InChI is InChI=1S/C15H21NO2S/c1-5-11-16-15(3,14(17)18-6-2)12-7-9-13(19-4)10-8-12/h5,7-10,16H,1,6,11H2,2-4H3. The molecule has 1 N–H and O–H groups in total. The molecule has 0 aliphatic carbocycles. The van der Waals surface area contributed by atoms with E-state index in [1.165, 1.54) is 4.90 Å². The van der Waals surface area contributed by atoms with Crippen LogP contribution >= 0.6 is 11.8 Å². The van der Waals surface area contributed by atoms with Gasteiger partial charge in [0.05, 0.1) is 6.61 Å². The molecule has 19 heavy (non-hydrogen) atoms. The topological polar surface area (TPSA) is 38.3 Å². The van der Waals surface area contributed by atoms with E-state index in [4.69, 9.17) is 4.74 Å². The summed E-state index contributed by atoms with van der Waals surface area (Å²) in [4.78, 5) is 13.4. The minimum atomic E-state index is -0.846. The SMILES string of the molecule is C=CCNC(C)(C(=O)OCC)c1ccc(SC)cc1. The highest BCUT2D eigenvalue weighted by atomic mass is 32.2. The molecule has 1 atom stereocenters. The highest BCUT2D eigenvalue weighted by Crippen LogP contribution is 2.25. The van der Waals surface area contributed by atoms with Gasteiger partial charge in [0.25, 0.3) is 0 Å². The van der Waals surface area contributed by atoms with E-state index in [-0.39, 0.29) is 5.97 Å². The molecule has 3 nitrogen and oxygen atoms in total. The molecule has 0 heterocycles. The number of rotatable bonds is 7. The zero-order chi connectivity index (χ0) is 14.3. The van der Waals surface area contributed by atoms with Crippen molar-refractivity contribution < 1.29 is 9.53 Å². The number of nitrogens with one attached hydrogen (secondary N) is 1. The first kappa shape index (κ1) is 15.8. The Bertz CT molecular complexity index is 430.